The predicted octanol–water partition coefficient (Wildman–Crippen LogP) is 3.44. The second-order valence-electron chi connectivity index (χ2n) is 6.65. The van der Waals surface area contributed by atoms with Crippen LogP contribution >= 0.6 is 0 Å². The Bertz CT molecular complexity index is 450. The minimum atomic E-state index is 0.0802. The molecule has 20 heavy (non-hydrogen) atoms. The lowest BCUT2D eigenvalue weighted by atomic mass is 9.74. The Morgan fingerprint density at radius 3 is 2.65 bits per heavy atom. The van der Waals surface area contributed by atoms with Crippen LogP contribution in [-0.4, -0.2) is 24.5 Å². The zero-order chi connectivity index (χ0) is 14.0. The molecule has 1 aromatic rings. The van der Waals surface area contributed by atoms with Crippen LogP contribution < -0.4 is 5.73 Å². The van der Waals surface area contributed by atoms with Gasteiger partial charge in [0.2, 0.25) is 0 Å². The van der Waals surface area contributed by atoms with Crippen LogP contribution in [-0.2, 0) is 12.0 Å². The van der Waals surface area contributed by atoms with Gasteiger partial charge in [-0.15, -0.1) is 0 Å². The van der Waals surface area contributed by atoms with E-state index in [0.29, 0.717) is 0 Å². The van der Waals surface area contributed by atoms with Gasteiger partial charge in [-0.05, 0) is 50.3 Å². The lowest BCUT2D eigenvalue weighted by Gasteiger charge is -2.49. The SMILES string of the molecule is CN(C1CCCCC1)C1(CN)CCCc2ccccc21. The zero-order valence-electron chi connectivity index (χ0n) is 12.8. The zero-order valence-corrected chi connectivity index (χ0v) is 12.8. The number of rotatable bonds is 3. The second-order valence-corrected chi connectivity index (χ2v) is 6.65. The highest BCUT2D eigenvalue weighted by Crippen LogP contribution is 2.41. The number of hydrogen-bond donors (Lipinski definition) is 1. The number of benzene rings is 1. The van der Waals surface area contributed by atoms with Crippen LogP contribution in [0.15, 0.2) is 24.3 Å². The topological polar surface area (TPSA) is 29.3 Å². The average molecular weight is 272 g/mol. The van der Waals surface area contributed by atoms with Crippen molar-refractivity contribution in [3.63, 3.8) is 0 Å². The summed E-state index contributed by atoms with van der Waals surface area (Å²) >= 11 is 0. The molecule has 110 valence electrons. The van der Waals surface area contributed by atoms with Crippen LogP contribution in [0.4, 0.5) is 0 Å². The summed E-state index contributed by atoms with van der Waals surface area (Å²) in [6.07, 6.45) is 10.6. The molecule has 0 aromatic heterocycles. The van der Waals surface area contributed by atoms with Gasteiger partial charge in [-0.2, -0.15) is 0 Å². The van der Waals surface area contributed by atoms with Crippen LogP contribution in [0.3, 0.4) is 0 Å². The monoisotopic (exact) mass is 272 g/mol. The van der Waals surface area contributed by atoms with E-state index in [2.05, 4.69) is 36.2 Å². The molecule has 2 heteroatoms. The highest BCUT2D eigenvalue weighted by atomic mass is 15.2. The van der Waals surface area contributed by atoms with Gasteiger partial charge in [0.15, 0.2) is 0 Å². The molecule has 0 bridgehead atoms. The molecular weight excluding hydrogens is 244 g/mol. The Balaban J connectivity index is 1.95. The Kier molecular flexibility index (Phi) is 4.13. The average Bonchev–Trinajstić information content (AvgIpc) is 2.54. The normalized spacial score (nSPS) is 27.6. The molecule has 1 unspecified atom stereocenters. The Labute approximate surface area is 123 Å². The molecule has 2 nitrogen and oxygen atoms in total. The maximum absolute atomic E-state index is 6.32. The summed E-state index contributed by atoms with van der Waals surface area (Å²) in [7, 11) is 2.32. The first kappa shape index (κ1) is 14.1. The molecule has 0 spiro atoms. The Hall–Kier alpha value is -0.860. The van der Waals surface area contributed by atoms with Crippen molar-refractivity contribution >= 4 is 0 Å². The highest BCUT2D eigenvalue weighted by Gasteiger charge is 2.41. The van der Waals surface area contributed by atoms with Gasteiger partial charge in [-0.1, -0.05) is 43.5 Å². The van der Waals surface area contributed by atoms with E-state index in [-0.39, 0.29) is 5.54 Å². The van der Waals surface area contributed by atoms with Crippen LogP contribution in [0.5, 0.6) is 0 Å². The van der Waals surface area contributed by atoms with Crippen molar-refractivity contribution < 1.29 is 0 Å². The third-order valence-corrected chi connectivity index (χ3v) is 5.69. The fourth-order valence-electron chi connectivity index (χ4n) is 4.44. The number of fused-ring (bicyclic) bond motifs is 1. The van der Waals surface area contributed by atoms with Gasteiger partial charge in [-0.25, -0.2) is 0 Å². The maximum Gasteiger partial charge on any atom is 0.0586 e. The molecule has 2 aliphatic carbocycles. The molecule has 0 heterocycles. The summed E-state index contributed by atoms with van der Waals surface area (Å²) in [5.41, 5.74) is 9.42. The largest absolute Gasteiger partial charge is 0.328 e. The van der Waals surface area contributed by atoms with Crippen molar-refractivity contribution in [1.29, 1.82) is 0 Å². The van der Waals surface area contributed by atoms with Crippen molar-refractivity contribution in [2.75, 3.05) is 13.6 Å². The summed E-state index contributed by atoms with van der Waals surface area (Å²) in [5, 5.41) is 0. The van der Waals surface area contributed by atoms with Gasteiger partial charge in [-0.3, -0.25) is 4.90 Å². The third-order valence-electron chi connectivity index (χ3n) is 5.69. The predicted molar refractivity (Wildman–Crippen MR) is 84.7 cm³/mol. The van der Waals surface area contributed by atoms with E-state index in [1.165, 1.54) is 62.5 Å². The molecular formula is C18H28N2. The van der Waals surface area contributed by atoms with E-state index in [0.717, 1.165) is 12.6 Å². The van der Waals surface area contributed by atoms with Gasteiger partial charge in [0.1, 0.15) is 0 Å². The Morgan fingerprint density at radius 1 is 1.15 bits per heavy atom. The molecule has 2 N–H and O–H groups in total. The minimum absolute atomic E-state index is 0.0802. The smallest absolute Gasteiger partial charge is 0.0586 e. The van der Waals surface area contributed by atoms with Gasteiger partial charge < -0.3 is 5.73 Å². The van der Waals surface area contributed by atoms with E-state index in [1.54, 1.807) is 0 Å². The van der Waals surface area contributed by atoms with Crippen molar-refractivity contribution in [3.05, 3.63) is 35.4 Å². The second kappa shape index (κ2) is 5.87. The van der Waals surface area contributed by atoms with Gasteiger partial charge in [0.05, 0.1) is 5.54 Å². The van der Waals surface area contributed by atoms with Gasteiger partial charge >= 0.3 is 0 Å². The molecule has 2 aliphatic rings. The van der Waals surface area contributed by atoms with Gasteiger partial charge in [0.25, 0.3) is 0 Å². The van der Waals surface area contributed by atoms with E-state index >= 15 is 0 Å². The summed E-state index contributed by atoms with van der Waals surface area (Å²) in [6, 6.07) is 9.70. The number of hydrogen-bond acceptors (Lipinski definition) is 2. The van der Waals surface area contributed by atoms with Crippen LogP contribution in [0, 0.1) is 0 Å². The number of nitrogens with two attached hydrogens (primary N) is 1. The van der Waals surface area contributed by atoms with Crippen molar-refractivity contribution in [1.82, 2.24) is 4.90 Å². The summed E-state index contributed by atoms with van der Waals surface area (Å²) in [6.45, 7) is 0.747. The van der Waals surface area contributed by atoms with E-state index in [9.17, 15) is 0 Å². The molecule has 0 radical (unpaired) electrons. The highest BCUT2D eigenvalue weighted by molar-refractivity contribution is 5.37. The van der Waals surface area contributed by atoms with Crippen molar-refractivity contribution in [2.24, 2.45) is 5.73 Å². The molecule has 1 saturated carbocycles. The lowest BCUT2D eigenvalue weighted by molar-refractivity contribution is 0.0410. The lowest BCUT2D eigenvalue weighted by Crippen LogP contribution is -2.55. The molecule has 1 fully saturated rings. The van der Waals surface area contributed by atoms with E-state index in [1.807, 2.05) is 0 Å². The molecule has 0 aliphatic heterocycles. The van der Waals surface area contributed by atoms with Crippen LogP contribution in [0.2, 0.25) is 0 Å². The summed E-state index contributed by atoms with van der Waals surface area (Å²) in [4.78, 5) is 2.64. The van der Waals surface area contributed by atoms with Crippen molar-refractivity contribution in [3.8, 4) is 0 Å². The van der Waals surface area contributed by atoms with E-state index < -0.39 is 0 Å². The fourth-order valence-corrected chi connectivity index (χ4v) is 4.44. The quantitative estimate of drug-likeness (QED) is 0.913. The molecule has 3 rings (SSSR count). The fraction of sp³-hybridized carbons (Fsp3) is 0.667. The summed E-state index contributed by atoms with van der Waals surface area (Å²) in [5.74, 6) is 0. The standard InChI is InChI=1S/C18H28N2/c1-20(16-10-3-2-4-11-16)18(14-19)13-7-9-15-8-5-6-12-17(15)18/h5-6,8,12,16H,2-4,7,9-11,13-14,19H2,1H3. The Morgan fingerprint density at radius 2 is 1.90 bits per heavy atom. The van der Waals surface area contributed by atoms with Crippen molar-refractivity contribution in [2.45, 2.75) is 62.9 Å². The third kappa shape index (κ3) is 2.29. The maximum atomic E-state index is 6.32. The number of aryl methyl sites for hydroxylation is 1. The minimum Gasteiger partial charge on any atom is -0.328 e. The first-order chi connectivity index (χ1) is 9.78. The molecule has 1 aromatic carbocycles. The number of nitrogens with zero attached hydrogens (tertiary/aromatic N) is 1. The van der Waals surface area contributed by atoms with Gasteiger partial charge in [0, 0.05) is 12.6 Å². The van der Waals surface area contributed by atoms with Crippen LogP contribution in [0.1, 0.15) is 56.1 Å². The number of likely N-dealkylation sites (N-methyl/N-ethyl adjacent to an activating group) is 1. The van der Waals surface area contributed by atoms with E-state index in [4.69, 9.17) is 5.73 Å². The first-order valence-corrected chi connectivity index (χ1v) is 8.29. The molecule has 1 atom stereocenters. The molecule has 0 amide bonds. The molecule has 0 saturated heterocycles. The van der Waals surface area contributed by atoms with Crippen LogP contribution in [0.25, 0.3) is 0 Å². The summed E-state index contributed by atoms with van der Waals surface area (Å²) < 4.78 is 0. The first-order valence-electron chi connectivity index (χ1n) is 8.29.